The molecule has 0 unspecified atom stereocenters. The number of ether oxygens (including phenoxy) is 1. The fraction of sp³-hybridized carbons (Fsp3) is 0.414. The first-order valence-electron chi connectivity index (χ1n) is 13.4. The van der Waals surface area contributed by atoms with Gasteiger partial charge in [-0.15, -0.1) is 0 Å². The molecule has 1 aliphatic rings. The van der Waals surface area contributed by atoms with Crippen LogP contribution in [0.3, 0.4) is 0 Å². The molecule has 0 saturated carbocycles. The Morgan fingerprint density at radius 3 is 2.46 bits per heavy atom. The van der Waals surface area contributed by atoms with Gasteiger partial charge in [0, 0.05) is 69.3 Å². The predicted molar refractivity (Wildman–Crippen MR) is 155 cm³/mol. The molecular formula is C29H36F3N7O2. The van der Waals surface area contributed by atoms with Crippen molar-refractivity contribution >= 4 is 34.7 Å². The van der Waals surface area contributed by atoms with E-state index in [9.17, 15) is 18.0 Å². The lowest BCUT2D eigenvalue weighted by molar-refractivity contribution is -0.137. The summed E-state index contributed by atoms with van der Waals surface area (Å²) < 4.78 is 47.0. The Morgan fingerprint density at radius 2 is 1.83 bits per heavy atom. The van der Waals surface area contributed by atoms with Crippen LogP contribution in [-0.4, -0.2) is 60.1 Å². The van der Waals surface area contributed by atoms with E-state index in [0.717, 1.165) is 43.6 Å². The van der Waals surface area contributed by atoms with Crippen LogP contribution in [0.25, 0.3) is 0 Å². The molecule has 2 heterocycles. The van der Waals surface area contributed by atoms with Gasteiger partial charge in [0.25, 0.3) is 0 Å². The zero-order valence-electron chi connectivity index (χ0n) is 23.9. The molecule has 0 spiro atoms. The monoisotopic (exact) mass is 571 g/mol. The molecule has 4 rings (SSSR count). The molecule has 2 aromatic carbocycles. The Hall–Kier alpha value is -4.06. The number of nitrogens with zero attached hydrogens (tertiary/aromatic N) is 4. The number of aromatic nitrogens is 2. The third-order valence-corrected chi connectivity index (χ3v) is 7.14. The van der Waals surface area contributed by atoms with E-state index in [-0.39, 0.29) is 24.2 Å². The van der Waals surface area contributed by atoms with Crippen molar-refractivity contribution in [2.24, 2.45) is 0 Å². The number of alkyl halides is 3. The summed E-state index contributed by atoms with van der Waals surface area (Å²) in [5, 5.41) is 8.54. The van der Waals surface area contributed by atoms with Crippen molar-refractivity contribution in [3.63, 3.8) is 0 Å². The number of halogens is 3. The van der Waals surface area contributed by atoms with Gasteiger partial charge >= 0.3 is 6.18 Å². The first-order chi connectivity index (χ1) is 19.5. The number of methoxy groups -OCH3 is 1. The highest BCUT2D eigenvalue weighted by molar-refractivity contribution is 5.89. The summed E-state index contributed by atoms with van der Waals surface area (Å²) >= 11 is 0. The largest absolute Gasteiger partial charge is 0.494 e. The lowest BCUT2D eigenvalue weighted by Crippen LogP contribution is -2.48. The SMILES string of the molecule is COc1cc(N2CCN(C(C)C)CC2)ccc1Nc1ncc(C(F)(F)F)c(NCc2cccc(NC(C)=O)c2C)n1. The van der Waals surface area contributed by atoms with Crippen LogP contribution in [0.1, 0.15) is 37.5 Å². The lowest BCUT2D eigenvalue weighted by atomic mass is 10.1. The third-order valence-electron chi connectivity index (χ3n) is 7.14. The maximum atomic E-state index is 13.8. The summed E-state index contributed by atoms with van der Waals surface area (Å²) in [6.45, 7) is 11.3. The molecule has 0 bridgehead atoms. The Bertz CT molecular complexity index is 1370. The van der Waals surface area contributed by atoms with Gasteiger partial charge in [-0.05, 0) is 50.1 Å². The average Bonchev–Trinajstić information content (AvgIpc) is 2.93. The summed E-state index contributed by atoms with van der Waals surface area (Å²) in [7, 11) is 1.54. The van der Waals surface area contributed by atoms with Crippen LogP contribution in [0.2, 0.25) is 0 Å². The molecule has 1 amide bonds. The maximum Gasteiger partial charge on any atom is 0.421 e. The van der Waals surface area contributed by atoms with Gasteiger partial charge in [-0.3, -0.25) is 9.69 Å². The Kier molecular flexibility index (Phi) is 9.21. The molecule has 3 N–H and O–H groups in total. The summed E-state index contributed by atoms with van der Waals surface area (Å²) in [5.41, 5.74) is 2.59. The molecule has 0 aliphatic carbocycles. The van der Waals surface area contributed by atoms with Crippen LogP contribution in [0.4, 0.5) is 42.0 Å². The number of hydrogen-bond donors (Lipinski definition) is 3. The highest BCUT2D eigenvalue weighted by Gasteiger charge is 2.35. The van der Waals surface area contributed by atoms with E-state index in [1.54, 1.807) is 32.2 Å². The van der Waals surface area contributed by atoms with Gasteiger partial charge in [0.2, 0.25) is 11.9 Å². The van der Waals surface area contributed by atoms with Crippen LogP contribution in [0.15, 0.2) is 42.6 Å². The molecule has 9 nitrogen and oxygen atoms in total. The Morgan fingerprint density at radius 1 is 1.10 bits per heavy atom. The van der Waals surface area contributed by atoms with Gasteiger partial charge in [0.1, 0.15) is 17.1 Å². The normalized spacial score (nSPS) is 14.2. The van der Waals surface area contributed by atoms with Crippen molar-refractivity contribution < 1.29 is 22.7 Å². The molecule has 1 aliphatic heterocycles. The van der Waals surface area contributed by atoms with Gasteiger partial charge in [0.15, 0.2) is 0 Å². The summed E-state index contributed by atoms with van der Waals surface area (Å²) in [5.74, 6) is -0.0859. The zero-order valence-corrected chi connectivity index (χ0v) is 23.9. The van der Waals surface area contributed by atoms with Crippen molar-refractivity contribution in [2.75, 3.05) is 54.1 Å². The number of benzene rings is 2. The van der Waals surface area contributed by atoms with E-state index in [0.29, 0.717) is 28.7 Å². The third kappa shape index (κ3) is 7.37. The molecule has 0 radical (unpaired) electrons. The van der Waals surface area contributed by atoms with E-state index in [1.807, 2.05) is 18.2 Å². The predicted octanol–water partition coefficient (Wildman–Crippen LogP) is 5.66. The average molecular weight is 572 g/mol. The minimum absolute atomic E-state index is 0.0131. The van der Waals surface area contributed by atoms with Crippen molar-refractivity contribution in [3.8, 4) is 5.75 Å². The van der Waals surface area contributed by atoms with Gasteiger partial charge in [-0.1, -0.05) is 12.1 Å². The first kappa shape index (κ1) is 29.9. The van der Waals surface area contributed by atoms with E-state index in [1.165, 1.54) is 6.92 Å². The minimum atomic E-state index is -4.66. The van der Waals surface area contributed by atoms with Crippen LogP contribution in [-0.2, 0) is 17.5 Å². The topological polar surface area (TPSA) is 94.6 Å². The van der Waals surface area contributed by atoms with Crippen LogP contribution >= 0.6 is 0 Å². The molecule has 3 aromatic rings. The number of rotatable bonds is 9. The molecule has 1 fully saturated rings. The fourth-order valence-corrected chi connectivity index (χ4v) is 4.76. The molecule has 41 heavy (non-hydrogen) atoms. The number of amides is 1. The molecule has 1 aromatic heterocycles. The number of carbonyl (C=O) groups is 1. The second-order valence-electron chi connectivity index (χ2n) is 10.2. The summed E-state index contributed by atoms with van der Waals surface area (Å²) in [6.07, 6.45) is -3.90. The number of carbonyl (C=O) groups excluding carboxylic acids is 1. The highest BCUT2D eigenvalue weighted by Crippen LogP contribution is 2.36. The standard InChI is InChI=1S/C29H36F3N7O2/c1-18(2)38-11-13-39(14-12-38)22-9-10-25(26(15-22)41-5)36-28-34-17-23(29(30,31)32)27(37-28)33-16-21-7-6-8-24(19(21)3)35-20(4)40/h6-10,15,17-18H,11-14,16H2,1-5H3,(H,35,40)(H2,33,34,36,37). The number of hydrogen-bond acceptors (Lipinski definition) is 8. The van der Waals surface area contributed by atoms with E-state index in [2.05, 4.69) is 49.6 Å². The van der Waals surface area contributed by atoms with Crippen LogP contribution in [0, 0.1) is 6.92 Å². The molecule has 12 heteroatoms. The first-order valence-corrected chi connectivity index (χ1v) is 13.4. The number of piperazine rings is 1. The van der Waals surface area contributed by atoms with E-state index in [4.69, 9.17) is 4.74 Å². The fourth-order valence-electron chi connectivity index (χ4n) is 4.76. The lowest BCUT2D eigenvalue weighted by Gasteiger charge is -2.38. The Labute approximate surface area is 238 Å². The summed E-state index contributed by atoms with van der Waals surface area (Å²) in [4.78, 5) is 24.3. The van der Waals surface area contributed by atoms with Crippen LogP contribution < -0.4 is 25.6 Å². The van der Waals surface area contributed by atoms with Gasteiger partial charge in [0.05, 0.1) is 12.8 Å². The van der Waals surface area contributed by atoms with Gasteiger partial charge in [-0.2, -0.15) is 18.2 Å². The number of anilines is 5. The highest BCUT2D eigenvalue weighted by atomic mass is 19.4. The van der Waals surface area contributed by atoms with Crippen molar-refractivity contribution in [1.82, 2.24) is 14.9 Å². The second kappa shape index (κ2) is 12.6. The van der Waals surface area contributed by atoms with Crippen molar-refractivity contribution in [3.05, 3.63) is 59.3 Å². The van der Waals surface area contributed by atoms with Crippen molar-refractivity contribution in [1.29, 1.82) is 0 Å². The van der Waals surface area contributed by atoms with E-state index < -0.39 is 11.7 Å². The quantitative estimate of drug-likeness (QED) is 0.303. The Balaban J connectivity index is 1.54. The van der Waals surface area contributed by atoms with Gasteiger partial charge in [-0.25, -0.2) is 4.98 Å². The van der Waals surface area contributed by atoms with Crippen molar-refractivity contribution in [2.45, 2.75) is 46.5 Å². The molecular weight excluding hydrogens is 535 g/mol. The zero-order chi connectivity index (χ0) is 29.7. The van der Waals surface area contributed by atoms with Gasteiger partial charge < -0.3 is 25.6 Å². The molecule has 220 valence electrons. The molecule has 0 atom stereocenters. The minimum Gasteiger partial charge on any atom is -0.494 e. The van der Waals surface area contributed by atoms with E-state index >= 15 is 0 Å². The smallest absolute Gasteiger partial charge is 0.421 e. The maximum absolute atomic E-state index is 13.8. The van der Waals surface area contributed by atoms with Crippen LogP contribution in [0.5, 0.6) is 5.75 Å². The second-order valence-corrected chi connectivity index (χ2v) is 10.2. The summed E-state index contributed by atoms with van der Waals surface area (Å²) in [6, 6.07) is 11.4. The number of nitrogens with one attached hydrogen (secondary N) is 3. The molecule has 1 saturated heterocycles.